The van der Waals surface area contributed by atoms with Gasteiger partial charge in [-0.2, -0.15) is 0 Å². The molecule has 19 heavy (non-hydrogen) atoms. The average Bonchev–Trinajstić information content (AvgIpc) is 2.36. The Bertz CT molecular complexity index is 505. The summed E-state index contributed by atoms with van der Waals surface area (Å²) in [4.78, 5) is 22.1. The molecule has 0 aliphatic rings. The molecule has 1 rings (SSSR count). The van der Waals surface area contributed by atoms with Gasteiger partial charge in [0.1, 0.15) is 6.61 Å². The number of rotatable bonds is 5. The highest BCUT2D eigenvalue weighted by Crippen LogP contribution is 2.32. The Balaban J connectivity index is 2.68. The number of nitrogens with one attached hydrogen (secondary N) is 1. The molecule has 1 amide bonds. The van der Waals surface area contributed by atoms with Gasteiger partial charge in [0.15, 0.2) is 6.10 Å². The number of aryl methyl sites for hydroxylation is 1. The third kappa shape index (κ3) is 4.38. The highest BCUT2D eigenvalue weighted by molar-refractivity contribution is 6.40. The second-order valence-corrected chi connectivity index (χ2v) is 4.68. The van der Waals surface area contributed by atoms with Crippen LogP contribution in [0, 0.1) is 6.92 Å². The molecule has 0 aliphatic carbocycles. The highest BCUT2D eigenvalue weighted by atomic mass is 35.5. The number of amides is 1. The van der Waals surface area contributed by atoms with Gasteiger partial charge in [-0.3, -0.25) is 4.79 Å². The van der Waals surface area contributed by atoms with Crippen LogP contribution >= 0.6 is 23.2 Å². The van der Waals surface area contributed by atoms with Crippen molar-refractivity contribution in [1.82, 2.24) is 0 Å². The van der Waals surface area contributed by atoms with Gasteiger partial charge in [-0.25, -0.2) is 4.79 Å². The summed E-state index contributed by atoms with van der Waals surface area (Å²) in [6, 6.07) is 3.34. The third-order valence-corrected chi connectivity index (χ3v) is 3.16. The van der Waals surface area contributed by atoms with Gasteiger partial charge in [0, 0.05) is 0 Å². The second kappa shape index (κ2) is 6.75. The summed E-state index contributed by atoms with van der Waals surface area (Å²) >= 11 is 11.9. The monoisotopic (exact) mass is 305 g/mol. The van der Waals surface area contributed by atoms with Gasteiger partial charge < -0.3 is 15.2 Å². The first-order chi connectivity index (χ1) is 8.82. The van der Waals surface area contributed by atoms with Crippen LogP contribution in [0.2, 0.25) is 10.0 Å². The molecule has 104 valence electrons. The highest BCUT2D eigenvalue weighted by Gasteiger charge is 2.15. The van der Waals surface area contributed by atoms with E-state index in [2.05, 4.69) is 5.32 Å². The molecule has 0 saturated heterocycles. The minimum Gasteiger partial charge on any atom is -0.479 e. The molecular formula is C12H13Cl2NO4. The van der Waals surface area contributed by atoms with E-state index >= 15 is 0 Å². The number of benzene rings is 1. The van der Waals surface area contributed by atoms with Crippen LogP contribution in [0.3, 0.4) is 0 Å². The largest absolute Gasteiger partial charge is 0.479 e. The van der Waals surface area contributed by atoms with Crippen LogP contribution < -0.4 is 5.32 Å². The lowest BCUT2D eigenvalue weighted by molar-refractivity contribution is -0.150. The van der Waals surface area contributed by atoms with Crippen LogP contribution in [-0.2, 0) is 14.3 Å². The van der Waals surface area contributed by atoms with Crippen LogP contribution in [0.15, 0.2) is 12.1 Å². The number of carbonyl (C=O) groups is 2. The number of ether oxygens (including phenoxy) is 1. The van der Waals surface area contributed by atoms with E-state index in [1.54, 1.807) is 19.1 Å². The fourth-order valence-electron chi connectivity index (χ4n) is 1.22. The Morgan fingerprint density at radius 1 is 1.42 bits per heavy atom. The summed E-state index contributed by atoms with van der Waals surface area (Å²) in [5, 5.41) is 11.7. The summed E-state index contributed by atoms with van der Waals surface area (Å²) in [6.07, 6.45) is -1.06. The van der Waals surface area contributed by atoms with Crippen LogP contribution in [-0.4, -0.2) is 29.7 Å². The van der Waals surface area contributed by atoms with Crippen molar-refractivity contribution < 1.29 is 19.4 Å². The quantitative estimate of drug-likeness (QED) is 0.877. The predicted octanol–water partition coefficient (Wildman–Crippen LogP) is 2.73. The Morgan fingerprint density at radius 2 is 2.05 bits per heavy atom. The fraction of sp³-hybridized carbons (Fsp3) is 0.333. The zero-order valence-electron chi connectivity index (χ0n) is 10.4. The number of hydrogen-bond donors (Lipinski definition) is 2. The van der Waals surface area contributed by atoms with E-state index in [1.807, 2.05) is 0 Å². The van der Waals surface area contributed by atoms with Gasteiger partial charge in [0.05, 0.1) is 15.7 Å². The summed E-state index contributed by atoms with van der Waals surface area (Å²) in [7, 11) is 0. The van der Waals surface area contributed by atoms with Crippen molar-refractivity contribution in [3.63, 3.8) is 0 Å². The number of carbonyl (C=O) groups excluding carboxylic acids is 1. The van der Waals surface area contributed by atoms with Crippen molar-refractivity contribution in [2.75, 3.05) is 11.9 Å². The van der Waals surface area contributed by atoms with Crippen LogP contribution in [0.5, 0.6) is 0 Å². The lowest BCUT2D eigenvalue weighted by Gasteiger charge is -2.12. The number of carboxylic acids is 1. The fourth-order valence-corrected chi connectivity index (χ4v) is 1.68. The summed E-state index contributed by atoms with van der Waals surface area (Å²) in [6.45, 7) is 2.72. The number of hydrogen-bond acceptors (Lipinski definition) is 3. The maximum absolute atomic E-state index is 11.6. The zero-order valence-corrected chi connectivity index (χ0v) is 11.9. The van der Waals surface area contributed by atoms with Crippen molar-refractivity contribution in [2.45, 2.75) is 20.0 Å². The van der Waals surface area contributed by atoms with Crippen molar-refractivity contribution in [1.29, 1.82) is 0 Å². The molecule has 1 aromatic rings. The van der Waals surface area contributed by atoms with E-state index in [0.29, 0.717) is 15.7 Å². The molecule has 0 spiro atoms. The van der Waals surface area contributed by atoms with Gasteiger partial charge >= 0.3 is 5.97 Å². The van der Waals surface area contributed by atoms with Crippen molar-refractivity contribution in [3.8, 4) is 0 Å². The Morgan fingerprint density at radius 3 is 2.63 bits per heavy atom. The minimum atomic E-state index is -1.14. The molecule has 0 bridgehead atoms. The molecule has 1 atom stereocenters. The number of halogens is 2. The smallest absolute Gasteiger partial charge is 0.332 e. The van der Waals surface area contributed by atoms with Gasteiger partial charge in [0.2, 0.25) is 5.91 Å². The molecule has 0 aromatic heterocycles. The summed E-state index contributed by atoms with van der Waals surface area (Å²) in [5.74, 6) is -1.66. The number of carboxylic acid groups (broad SMARTS) is 1. The van der Waals surface area contributed by atoms with E-state index in [9.17, 15) is 9.59 Å². The second-order valence-electron chi connectivity index (χ2n) is 3.89. The standard InChI is InChI=1S/C12H13Cl2NO4/c1-6-3-4-8(13)11(10(6)14)15-9(16)5-19-7(2)12(17)18/h3-4,7H,5H2,1-2H3,(H,15,16)(H,17,18)/t7-/m0/s1. The molecule has 0 radical (unpaired) electrons. The van der Waals surface area contributed by atoms with Gasteiger partial charge in [0.25, 0.3) is 0 Å². The molecular weight excluding hydrogens is 293 g/mol. The molecule has 7 heteroatoms. The van der Waals surface area contributed by atoms with Crippen molar-refractivity contribution >= 4 is 40.8 Å². The molecule has 2 N–H and O–H groups in total. The lowest BCUT2D eigenvalue weighted by Crippen LogP contribution is -2.26. The van der Waals surface area contributed by atoms with Gasteiger partial charge in [-0.15, -0.1) is 0 Å². The molecule has 0 aliphatic heterocycles. The zero-order chi connectivity index (χ0) is 14.6. The Labute approximate surface area is 120 Å². The predicted molar refractivity (Wildman–Crippen MR) is 72.9 cm³/mol. The topological polar surface area (TPSA) is 75.6 Å². The molecule has 0 fully saturated rings. The minimum absolute atomic E-state index is 0.292. The first-order valence-electron chi connectivity index (χ1n) is 5.41. The van der Waals surface area contributed by atoms with Crippen molar-refractivity contribution in [2.24, 2.45) is 0 Å². The van der Waals surface area contributed by atoms with Gasteiger partial charge in [-0.05, 0) is 25.5 Å². The number of anilines is 1. The van der Waals surface area contributed by atoms with Crippen LogP contribution in [0.4, 0.5) is 5.69 Å². The maximum Gasteiger partial charge on any atom is 0.332 e. The van der Waals surface area contributed by atoms with Crippen LogP contribution in [0.25, 0.3) is 0 Å². The first-order valence-corrected chi connectivity index (χ1v) is 6.17. The SMILES string of the molecule is Cc1ccc(Cl)c(NC(=O)CO[C@@H](C)C(=O)O)c1Cl. The molecule has 0 saturated carbocycles. The summed E-state index contributed by atoms with van der Waals surface area (Å²) < 4.78 is 4.85. The van der Waals surface area contributed by atoms with Gasteiger partial charge in [-0.1, -0.05) is 29.3 Å². The van der Waals surface area contributed by atoms with E-state index in [0.717, 1.165) is 5.56 Å². The third-order valence-electron chi connectivity index (χ3n) is 2.36. The van der Waals surface area contributed by atoms with E-state index in [-0.39, 0.29) is 0 Å². The van der Waals surface area contributed by atoms with E-state index in [4.69, 9.17) is 33.0 Å². The maximum atomic E-state index is 11.6. The lowest BCUT2D eigenvalue weighted by atomic mass is 10.2. The van der Waals surface area contributed by atoms with E-state index in [1.165, 1.54) is 6.92 Å². The Kier molecular flexibility index (Phi) is 5.60. The average molecular weight is 306 g/mol. The normalized spacial score (nSPS) is 12.0. The molecule has 0 unspecified atom stereocenters. The van der Waals surface area contributed by atoms with E-state index < -0.39 is 24.6 Å². The Hall–Kier alpha value is -1.30. The molecule has 1 aromatic carbocycles. The number of aliphatic carboxylic acids is 1. The van der Waals surface area contributed by atoms with Crippen molar-refractivity contribution in [3.05, 3.63) is 27.7 Å². The first kappa shape index (κ1) is 15.8. The van der Waals surface area contributed by atoms with Crippen LogP contribution in [0.1, 0.15) is 12.5 Å². The molecule has 0 heterocycles. The summed E-state index contributed by atoms with van der Waals surface area (Å²) in [5.41, 5.74) is 1.06. The molecule has 5 nitrogen and oxygen atoms in total.